The predicted octanol–water partition coefficient (Wildman–Crippen LogP) is 2.12. The molecule has 16 heavy (non-hydrogen) atoms. The standard InChI is InChI=1S/C11H15BrN2OS/c1-7-2-4-13-10(7)11(15)14-6-9-8(12)3-5-16-9/h3,5,7,10,13H,2,4,6H2,1H3,(H,14,15). The third-order valence-corrected chi connectivity index (χ3v) is 4.86. The fourth-order valence-electron chi connectivity index (χ4n) is 1.91. The Bertz CT molecular complexity index is 380. The topological polar surface area (TPSA) is 41.1 Å². The number of hydrogen-bond acceptors (Lipinski definition) is 3. The molecule has 2 rings (SSSR count). The van der Waals surface area contributed by atoms with Crippen molar-refractivity contribution in [1.82, 2.24) is 10.6 Å². The van der Waals surface area contributed by atoms with Gasteiger partial charge in [0.1, 0.15) is 0 Å². The summed E-state index contributed by atoms with van der Waals surface area (Å²) in [6.45, 7) is 3.68. The van der Waals surface area contributed by atoms with E-state index in [0.29, 0.717) is 12.5 Å². The average Bonchev–Trinajstić information content (AvgIpc) is 2.84. The van der Waals surface area contributed by atoms with Crippen LogP contribution in [0.2, 0.25) is 0 Å². The van der Waals surface area contributed by atoms with Gasteiger partial charge in [-0.3, -0.25) is 4.79 Å². The third-order valence-electron chi connectivity index (χ3n) is 2.93. The monoisotopic (exact) mass is 302 g/mol. The molecule has 2 unspecified atom stereocenters. The molecule has 1 saturated heterocycles. The molecule has 1 aromatic rings. The van der Waals surface area contributed by atoms with Crippen LogP contribution in [0, 0.1) is 5.92 Å². The van der Waals surface area contributed by atoms with Crippen molar-refractivity contribution in [3.8, 4) is 0 Å². The van der Waals surface area contributed by atoms with Gasteiger partial charge in [-0.15, -0.1) is 11.3 Å². The number of carbonyl (C=O) groups excluding carboxylic acids is 1. The van der Waals surface area contributed by atoms with E-state index in [4.69, 9.17) is 0 Å². The van der Waals surface area contributed by atoms with Crippen molar-refractivity contribution < 1.29 is 4.79 Å². The van der Waals surface area contributed by atoms with Crippen molar-refractivity contribution >= 4 is 33.2 Å². The summed E-state index contributed by atoms with van der Waals surface area (Å²) in [7, 11) is 0. The van der Waals surface area contributed by atoms with E-state index in [1.807, 2.05) is 11.4 Å². The Morgan fingerprint density at radius 1 is 1.75 bits per heavy atom. The summed E-state index contributed by atoms with van der Waals surface area (Å²) in [5.74, 6) is 0.553. The molecule has 1 aromatic heterocycles. The van der Waals surface area contributed by atoms with E-state index in [9.17, 15) is 4.79 Å². The summed E-state index contributed by atoms with van der Waals surface area (Å²) in [5, 5.41) is 8.22. The van der Waals surface area contributed by atoms with Gasteiger partial charge < -0.3 is 10.6 Å². The Hall–Kier alpha value is -0.390. The van der Waals surface area contributed by atoms with E-state index in [-0.39, 0.29) is 11.9 Å². The zero-order valence-electron chi connectivity index (χ0n) is 9.13. The molecule has 0 aromatic carbocycles. The summed E-state index contributed by atoms with van der Waals surface area (Å²) in [5.41, 5.74) is 0. The zero-order valence-corrected chi connectivity index (χ0v) is 11.5. The lowest BCUT2D eigenvalue weighted by Gasteiger charge is -2.15. The Morgan fingerprint density at radius 3 is 3.12 bits per heavy atom. The largest absolute Gasteiger partial charge is 0.350 e. The lowest BCUT2D eigenvalue weighted by molar-refractivity contribution is -0.123. The molecular weight excluding hydrogens is 288 g/mol. The molecule has 1 aliphatic heterocycles. The minimum absolute atomic E-state index is 0.0151. The maximum absolute atomic E-state index is 11.9. The lowest BCUT2D eigenvalue weighted by Crippen LogP contribution is -2.42. The van der Waals surface area contributed by atoms with Crippen LogP contribution in [0.1, 0.15) is 18.2 Å². The van der Waals surface area contributed by atoms with Crippen LogP contribution in [0.3, 0.4) is 0 Å². The third kappa shape index (κ3) is 2.64. The fraction of sp³-hybridized carbons (Fsp3) is 0.545. The minimum Gasteiger partial charge on any atom is -0.350 e. The number of halogens is 1. The second-order valence-corrected chi connectivity index (χ2v) is 5.96. The number of rotatable bonds is 3. The molecule has 5 heteroatoms. The Labute approximate surface area is 108 Å². The molecule has 0 aliphatic carbocycles. The van der Waals surface area contributed by atoms with Gasteiger partial charge in [-0.2, -0.15) is 0 Å². The van der Waals surface area contributed by atoms with Crippen molar-refractivity contribution in [2.24, 2.45) is 5.92 Å². The number of carbonyl (C=O) groups is 1. The first-order valence-electron chi connectivity index (χ1n) is 5.41. The van der Waals surface area contributed by atoms with Gasteiger partial charge in [0, 0.05) is 9.35 Å². The quantitative estimate of drug-likeness (QED) is 0.898. The molecular formula is C11H15BrN2OS. The molecule has 2 N–H and O–H groups in total. The molecule has 88 valence electrons. The van der Waals surface area contributed by atoms with E-state index in [2.05, 4.69) is 33.5 Å². The lowest BCUT2D eigenvalue weighted by atomic mass is 10.0. The van der Waals surface area contributed by atoms with E-state index >= 15 is 0 Å². The summed E-state index contributed by atoms with van der Waals surface area (Å²) < 4.78 is 1.07. The summed E-state index contributed by atoms with van der Waals surface area (Å²) in [4.78, 5) is 13.0. The van der Waals surface area contributed by atoms with Gasteiger partial charge in [-0.25, -0.2) is 0 Å². The van der Waals surface area contributed by atoms with Gasteiger partial charge in [0.05, 0.1) is 12.6 Å². The summed E-state index contributed by atoms with van der Waals surface area (Å²) in [6.07, 6.45) is 1.08. The van der Waals surface area contributed by atoms with Crippen LogP contribution in [-0.2, 0) is 11.3 Å². The number of thiophene rings is 1. The molecule has 0 spiro atoms. The highest BCUT2D eigenvalue weighted by atomic mass is 79.9. The van der Waals surface area contributed by atoms with E-state index < -0.39 is 0 Å². The van der Waals surface area contributed by atoms with Gasteiger partial charge in [0.15, 0.2) is 0 Å². The van der Waals surface area contributed by atoms with Crippen LogP contribution in [0.4, 0.5) is 0 Å². The Balaban J connectivity index is 1.86. The Kier molecular flexibility index (Phi) is 4.00. The van der Waals surface area contributed by atoms with Crippen LogP contribution in [0.15, 0.2) is 15.9 Å². The van der Waals surface area contributed by atoms with Crippen LogP contribution in [-0.4, -0.2) is 18.5 Å². The molecule has 3 nitrogen and oxygen atoms in total. The summed E-state index contributed by atoms with van der Waals surface area (Å²) in [6, 6.07) is 1.99. The SMILES string of the molecule is CC1CCNC1C(=O)NCc1sccc1Br. The maximum atomic E-state index is 11.9. The van der Waals surface area contributed by atoms with Gasteiger partial charge in [0.2, 0.25) is 5.91 Å². The van der Waals surface area contributed by atoms with Crippen LogP contribution in [0.25, 0.3) is 0 Å². The molecule has 0 radical (unpaired) electrons. The van der Waals surface area contributed by atoms with Crippen molar-refractivity contribution in [2.75, 3.05) is 6.54 Å². The van der Waals surface area contributed by atoms with Crippen molar-refractivity contribution in [2.45, 2.75) is 25.9 Å². The molecule has 2 atom stereocenters. The predicted molar refractivity (Wildman–Crippen MR) is 69.4 cm³/mol. The highest BCUT2D eigenvalue weighted by Crippen LogP contribution is 2.22. The van der Waals surface area contributed by atoms with Gasteiger partial charge in [-0.05, 0) is 46.3 Å². The average molecular weight is 303 g/mol. The zero-order chi connectivity index (χ0) is 11.5. The Morgan fingerprint density at radius 2 is 2.56 bits per heavy atom. The highest BCUT2D eigenvalue weighted by Gasteiger charge is 2.28. The normalized spacial score (nSPS) is 24.6. The first-order valence-corrected chi connectivity index (χ1v) is 7.08. The fourth-order valence-corrected chi connectivity index (χ4v) is 3.35. The van der Waals surface area contributed by atoms with Crippen molar-refractivity contribution in [1.29, 1.82) is 0 Å². The smallest absolute Gasteiger partial charge is 0.237 e. The van der Waals surface area contributed by atoms with E-state index in [1.54, 1.807) is 11.3 Å². The molecule has 0 bridgehead atoms. The molecule has 0 saturated carbocycles. The molecule has 2 heterocycles. The minimum atomic E-state index is -0.0151. The van der Waals surface area contributed by atoms with Crippen LogP contribution in [0.5, 0.6) is 0 Å². The van der Waals surface area contributed by atoms with E-state index in [0.717, 1.165) is 17.4 Å². The first kappa shape index (κ1) is 12.1. The number of nitrogens with one attached hydrogen (secondary N) is 2. The number of hydrogen-bond donors (Lipinski definition) is 2. The second kappa shape index (κ2) is 5.29. The summed E-state index contributed by atoms with van der Waals surface area (Å²) >= 11 is 5.11. The second-order valence-electron chi connectivity index (χ2n) is 4.11. The van der Waals surface area contributed by atoms with Crippen molar-refractivity contribution in [3.05, 3.63) is 20.8 Å². The number of amides is 1. The van der Waals surface area contributed by atoms with Crippen LogP contribution >= 0.6 is 27.3 Å². The van der Waals surface area contributed by atoms with Crippen molar-refractivity contribution in [3.63, 3.8) is 0 Å². The van der Waals surface area contributed by atoms with Gasteiger partial charge in [0.25, 0.3) is 0 Å². The maximum Gasteiger partial charge on any atom is 0.237 e. The molecule has 1 aliphatic rings. The molecule has 1 fully saturated rings. The molecule has 1 amide bonds. The first-order chi connectivity index (χ1) is 7.68. The highest BCUT2D eigenvalue weighted by molar-refractivity contribution is 9.10. The van der Waals surface area contributed by atoms with E-state index in [1.165, 1.54) is 4.88 Å². The van der Waals surface area contributed by atoms with Crippen LogP contribution < -0.4 is 10.6 Å². The van der Waals surface area contributed by atoms with Gasteiger partial charge in [-0.1, -0.05) is 6.92 Å². The van der Waals surface area contributed by atoms with Gasteiger partial charge >= 0.3 is 0 Å².